The minimum atomic E-state index is -4.47. The molecule has 2 aromatic rings. The highest BCUT2D eigenvalue weighted by Crippen LogP contribution is 2.33. The molecule has 25 heavy (non-hydrogen) atoms. The van der Waals surface area contributed by atoms with E-state index in [0.29, 0.717) is 0 Å². The van der Waals surface area contributed by atoms with Crippen LogP contribution in [0.2, 0.25) is 0 Å². The first-order chi connectivity index (χ1) is 11.7. The van der Waals surface area contributed by atoms with E-state index in [0.717, 1.165) is 23.9 Å². The number of nitrogens with zero attached hydrogens (tertiary/aromatic N) is 1. The van der Waals surface area contributed by atoms with Crippen molar-refractivity contribution in [2.45, 2.75) is 23.2 Å². The lowest BCUT2D eigenvalue weighted by Crippen LogP contribution is -2.22. The van der Waals surface area contributed by atoms with Gasteiger partial charge >= 0.3 is 6.18 Å². The van der Waals surface area contributed by atoms with Crippen LogP contribution in [0.4, 0.5) is 24.5 Å². The Labute approximate surface area is 145 Å². The third-order valence-corrected chi connectivity index (χ3v) is 4.30. The van der Waals surface area contributed by atoms with Gasteiger partial charge in [0.15, 0.2) is 0 Å². The SMILES string of the molecule is C[C@@H](Sc1cccc(C(F)(F)F)c1)C(=O)Nc1ccccc1[N+](=O)[O-]. The largest absolute Gasteiger partial charge is 0.416 e. The Kier molecular flexibility index (Phi) is 5.68. The van der Waals surface area contributed by atoms with Crippen LogP contribution in [0.15, 0.2) is 53.4 Å². The monoisotopic (exact) mass is 370 g/mol. The predicted octanol–water partition coefficient (Wildman–Crippen LogP) is 4.73. The summed E-state index contributed by atoms with van der Waals surface area (Å²) < 4.78 is 38.2. The molecule has 5 nitrogen and oxygen atoms in total. The minimum Gasteiger partial charge on any atom is -0.319 e. The summed E-state index contributed by atoms with van der Waals surface area (Å²) in [7, 11) is 0. The number of hydrogen-bond donors (Lipinski definition) is 1. The Morgan fingerprint density at radius 3 is 2.52 bits per heavy atom. The summed E-state index contributed by atoms with van der Waals surface area (Å²) in [4.78, 5) is 22.8. The number of nitro groups is 1. The molecule has 132 valence electrons. The average molecular weight is 370 g/mol. The van der Waals surface area contributed by atoms with Gasteiger partial charge in [0.1, 0.15) is 5.69 Å². The van der Waals surface area contributed by atoms with E-state index in [-0.39, 0.29) is 16.3 Å². The summed E-state index contributed by atoms with van der Waals surface area (Å²) in [6, 6.07) is 10.3. The second-order valence-corrected chi connectivity index (χ2v) is 6.46. The van der Waals surface area contributed by atoms with Gasteiger partial charge in [-0.2, -0.15) is 13.2 Å². The number of halogens is 3. The lowest BCUT2D eigenvalue weighted by atomic mass is 10.2. The number of rotatable bonds is 5. The minimum absolute atomic E-state index is 0.0361. The molecule has 9 heteroatoms. The normalized spacial score (nSPS) is 12.5. The maximum absolute atomic E-state index is 12.7. The first-order valence-electron chi connectivity index (χ1n) is 7.06. The number of alkyl halides is 3. The topological polar surface area (TPSA) is 72.2 Å². The summed E-state index contributed by atoms with van der Waals surface area (Å²) in [6.45, 7) is 1.51. The van der Waals surface area contributed by atoms with Crippen LogP contribution in [0.3, 0.4) is 0 Å². The fourth-order valence-electron chi connectivity index (χ4n) is 1.98. The van der Waals surface area contributed by atoms with Gasteiger partial charge in [-0.15, -0.1) is 11.8 Å². The third-order valence-electron chi connectivity index (χ3n) is 3.20. The van der Waals surface area contributed by atoms with Crippen molar-refractivity contribution in [3.05, 3.63) is 64.2 Å². The van der Waals surface area contributed by atoms with Crippen LogP contribution in [0.5, 0.6) is 0 Å². The van der Waals surface area contributed by atoms with Gasteiger partial charge in [-0.1, -0.05) is 18.2 Å². The van der Waals surface area contributed by atoms with Crippen molar-refractivity contribution in [2.24, 2.45) is 0 Å². The summed E-state index contributed by atoms with van der Waals surface area (Å²) in [5.74, 6) is -0.545. The molecule has 1 N–H and O–H groups in total. The van der Waals surface area contributed by atoms with Gasteiger partial charge in [-0.25, -0.2) is 0 Å². The zero-order valence-corrected chi connectivity index (χ0v) is 13.7. The van der Waals surface area contributed by atoms with Crippen molar-refractivity contribution in [3.63, 3.8) is 0 Å². The Bertz CT molecular complexity index is 796. The predicted molar refractivity (Wildman–Crippen MR) is 88.5 cm³/mol. The average Bonchev–Trinajstić information content (AvgIpc) is 2.54. The second-order valence-electron chi connectivity index (χ2n) is 5.05. The molecule has 1 atom stereocenters. The molecule has 0 unspecified atom stereocenters. The van der Waals surface area contributed by atoms with Gasteiger partial charge in [0.2, 0.25) is 5.91 Å². The number of benzene rings is 2. The van der Waals surface area contributed by atoms with E-state index in [9.17, 15) is 28.1 Å². The lowest BCUT2D eigenvalue weighted by molar-refractivity contribution is -0.383. The zero-order valence-electron chi connectivity index (χ0n) is 12.9. The number of para-hydroxylation sites is 2. The van der Waals surface area contributed by atoms with Crippen LogP contribution in [0.1, 0.15) is 12.5 Å². The van der Waals surface area contributed by atoms with E-state index < -0.39 is 27.8 Å². The van der Waals surface area contributed by atoms with Gasteiger partial charge in [-0.05, 0) is 31.2 Å². The fraction of sp³-hybridized carbons (Fsp3) is 0.188. The molecule has 0 spiro atoms. The van der Waals surface area contributed by atoms with Crippen LogP contribution >= 0.6 is 11.8 Å². The first-order valence-corrected chi connectivity index (χ1v) is 7.94. The summed E-state index contributed by atoms with van der Waals surface area (Å²) in [6.07, 6.45) is -4.47. The van der Waals surface area contributed by atoms with Crippen LogP contribution in [0, 0.1) is 10.1 Å². The van der Waals surface area contributed by atoms with Crippen molar-refractivity contribution in [1.82, 2.24) is 0 Å². The van der Waals surface area contributed by atoms with Crippen molar-refractivity contribution in [3.8, 4) is 0 Å². The molecule has 0 bridgehead atoms. The van der Waals surface area contributed by atoms with E-state index in [1.54, 1.807) is 0 Å². The Morgan fingerprint density at radius 2 is 1.88 bits per heavy atom. The Hall–Kier alpha value is -2.55. The molecule has 0 fully saturated rings. The van der Waals surface area contributed by atoms with Crippen molar-refractivity contribution in [2.75, 3.05) is 5.32 Å². The summed E-state index contributed by atoms with van der Waals surface area (Å²) in [5.41, 5.74) is -1.02. The molecular formula is C16H13F3N2O3S. The molecule has 0 aliphatic heterocycles. The van der Waals surface area contributed by atoms with Crippen LogP contribution in [-0.4, -0.2) is 16.1 Å². The molecule has 1 amide bonds. The molecule has 0 aromatic heterocycles. The fourth-order valence-corrected chi connectivity index (χ4v) is 2.90. The van der Waals surface area contributed by atoms with E-state index in [1.807, 2.05) is 0 Å². The molecule has 0 saturated carbocycles. The molecule has 0 radical (unpaired) electrons. The van der Waals surface area contributed by atoms with Crippen LogP contribution in [-0.2, 0) is 11.0 Å². The van der Waals surface area contributed by atoms with Gasteiger partial charge < -0.3 is 5.32 Å². The highest BCUT2D eigenvalue weighted by atomic mass is 32.2. The first kappa shape index (κ1) is 18.8. The van der Waals surface area contributed by atoms with Gasteiger partial charge in [0.25, 0.3) is 5.69 Å². The number of hydrogen-bond acceptors (Lipinski definition) is 4. The maximum atomic E-state index is 12.7. The Balaban J connectivity index is 2.10. The van der Waals surface area contributed by atoms with Crippen molar-refractivity contribution in [1.29, 1.82) is 0 Å². The number of carbonyl (C=O) groups excluding carboxylic acids is 1. The van der Waals surface area contributed by atoms with Crippen molar-refractivity contribution >= 4 is 29.0 Å². The molecule has 2 rings (SSSR count). The van der Waals surface area contributed by atoms with Gasteiger partial charge in [0, 0.05) is 11.0 Å². The van der Waals surface area contributed by atoms with E-state index in [1.165, 1.54) is 43.3 Å². The van der Waals surface area contributed by atoms with E-state index in [2.05, 4.69) is 5.32 Å². The zero-order chi connectivity index (χ0) is 18.6. The van der Waals surface area contributed by atoms with Gasteiger partial charge in [-0.3, -0.25) is 14.9 Å². The number of thioether (sulfide) groups is 1. The number of nitro benzene ring substituents is 1. The quantitative estimate of drug-likeness (QED) is 0.469. The summed E-state index contributed by atoms with van der Waals surface area (Å²) >= 11 is 0.934. The van der Waals surface area contributed by atoms with Gasteiger partial charge in [0.05, 0.1) is 15.7 Å². The molecule has 0 aliphatic carbocycles. The lowest BCUT2D eigenvalue weighted by Gasteiger charge is -2.13. The molecule has 0 aliphatic rings. The highest BCUT2D eigenvalue weighted by molar-refractivity contribution is 8.00. The van der Waals surface area contributed by atoms with Crippen molar-refractivity contribution < 1.29 is 22.9 Å². The number of carbonyl (C=O) groups is 1. The molecule has 0 heterocycles. The smallest absolute Gasteiger partial charge is 0.319 e. The molecule has 0 saturated heterocycles. The number of amides is 1. The van der Waals surface area contributed by atoms with Crippen LogP contribution in [0.25, 0.3) is 0 Å². The molecule has 2 aromatic carbocycles. The number of anilines is 1. The number of nitrogens with one attached hydrogen (secondary N) is 1. The van der Waals surface area contributed by atoms with Crippen LogP contribution < -0.4 is 5.32 Å². The Morgan fingerprint density at radius 1 is 1.20 bits per heavy atom. The highest BCUT2D eigenvalue weighted by Gasteiger charge is 2.30. The third kappa shape index (κ3) is 4.96. The van der Waals surface area contributed by atoms with E-state index in [4.69, 9.17) is 0 Å². The summed E-state index contributed by atoms with van der Waals surface area (Å²) in [5, 5.41) is 12.6. The molecular weight excluding hydrogens is 357 g/mol. The van der Waals surface area contributed by atoms with E-state index >= 15 is 0 Å². The standard InChI is InChI=1S/C16H13F3N2O3S/c1-10(25-12-6-4-5-11(9-12)16(17,18)19)15(22)20-13-7-2-3-8-14(13)21(23)24/h2-10H,1H3,(H,20,22)/t10-/m1/s1. The second kappa shape index (κ2) is 7.56. The maximum Gasteiger partial charge on any atom is 0.416 e.